The Morgan fingerprint density at radius 3 is 2.48 bits per heavy atom. The molecule has 0 aromatic heterocycles. The summed E-state index contributed by atoms with van der Waals surface area (Å²) in [7, 11) is 0. The number of carbonyl (C=O) groups excluding carboxylic acids is 1. The van der Waals surface area contributed by atoms with Gasteiger partial charge in [-0.1, -0.05) is 34.1 Å². The van der Waals surface area contributed by atoms with E-state index >= 15 is 0 Å². The van der Waals surface area contributed by atoms with E-state index in [1.807, 2.05) is 25.1 Å². The molecule has 0 aliphatic heterocycles. The van der Waals surface area contributed by atoms with Gasteiger partial charge in [-0.05, 0) is 49.2 Å². The molecule has 0 spiro atoms. The highest BCUT2D eigenvalue weighted by Crippen LogP contribution is 2.29. The van der Waals surface area contributed by atoms with E-state index in [0.717, 1.165) is 27.7 Å². The molecule has 2 nitrogen and oxygen atoms in total. The molecular formula is C17H15BrF3NO. The van der Waals surface area contributed by atoms with E-state index in [0.29, 0.717) is 0 Å². The lowest BCUT2D eigenvalue weighted by Crippen LogP contribution is -2.27. The molecule has 0 radical (unpaired) electrons. The summed E-state index contributed by atoms with van der Waals surface area (Å²) < 4.78 is 39.0. The summed E-state index contributed by atoms with van der Waals surface area (Å²) in [4.78, 5) is 12.2. The summed E-state index contributed by atoms with van der Waals surface area (Å²) in [5.41, 5.74) is 1.07. The molecule has 122 valence electrons. The number of amides is 1. The number of nitrogens with one attached hydrogen (secondary N) is 1. The zero-order valence-corrected chi connectivity index (χ0v) is 14.1. The second kappa shape index (κ2) is 6.74. The first-order valence-electron chi connectivity index (χ1n) is 6.92. The summed E-state index contributed by atoms with van der Waals surface area (Å²) in [5, 5.41) is 2.71. The molecule has 6 heteroatoms. The smallest absolute Gasteiger partial charge is 0.346 e. The minimum atomic E-state index is -4.47. The van der Waals surface area contributed by atoms with Crippen molar-refractivity contribution in [3.8, 4) is 0 Å². The third-order valence-corrected chi connectivity index (χ3v) is 4.35. The van der Waals surface area contributed by atoms with Crippen LogP contribution in [0, 0.1) is 6.92 Å². The minimum absolute atomic E-state index is 0.0159. The first-order valence-corrected chi connectivity index (χ1v) is 7.72. The summed E-state index contributed by atoms with van der Waals surface area (Å²) in [5.74, 6) is -0.541. The number of benzene rings is 2. The predicted octanol–water partition coefficient (Wildman–Crippen LogP) is 5.27. The van der Waals surface area contributed by atoms with E-state index in [9.17, 15) is 18.0 Å². The van der Waals surface area contributed by atoms with Crippen molar-refractivity contribution in [2.75, 3.05) is 0 Å². The van der Waals surface area contributed by atoms with Crippen LogP contribution in [-0.2, 0) is 6.18 Å². The van der Waals surface area contributed by atoms with Crippen LogP contribution in [0.2, 0.25) is 0 Å². The van der Waals surface area contributed by atoms with Gasteiger partial charge in [0.2, 0.25) is 0 Å². The average Bonchev–Trinajstić information content (AvgIpc) is 2.49. The number of aryl methyl sites for hydroxylation is 1. The van der Waals surface area contributed by atoms with Gasteiger partial charge >= 0.3 is 6.18 Å². The van der Waals surface area contributed by atoms with Crippen molar-refractivity contribution in [3.63, 3.8) is 0 Å². The molecule has 1 amide bonds. The minimum Gasteiger partial charge on any atom is -0.346 e. The van der Waals surface area contributed by atoms with Crippen LogP contribution >= 0.6 is 15.9 Å². The van der Waals surface area contributed by atoms with Crippen LogP contribution in [0.1, 0.15) is 40.0 Å². The van der Waals surface area contributed by atoms with Crippen LogP contribution in [0.5, 0.6) is 0 Å². The standard InChI is InChI=1S/C17H15BrF3NO/c1-10-6-7-12(9-15(10)18)11(2)22-16(23)13-4-3-5-14(8-13)17(19,20)21/h3-9,11H,1-2H3,(H,22,23). The van der Waals surface area contributed by atoms with E-state index in [4.69, 9.17) is 0 Å². The van der Waals surface area contributed by atoms with E-state index in [-0.39, 0.29) is 11.6 Å². The molecule has 0 saturated heterocycles. The molecule has 1 unspecified atom stereocenters. The topological polar surface area (TPSA) is 29.1 Å². The van der Waals surface area contributed by atoms with E-state index in [1.165, 1.54) is 12.1 Å². The van der Waals surface area contributed by atoms with E-state index in [1.54, 1.807) is 6.92 Å². The van der Waals surface area contributed by atoms with Crippen molar-refractivity contribution in [2.45, 2.75) is 26.1 Å². The van der Waals surface area contributed by atoms with Gasteiger partial charge in [0.25, 0.3) is 5.91 Å². The van der Waals surface area contributed by atoms with Gasteiger partial charge < -0.3 is 5.32 Å². The van der Waals surface area contributed by atoms with Gasteiger partial charge in [0, 0.05) is 10.0 Å². The molecule has 0 fully saturated rings. The van der Waals surface area contributed by atoms with E-state index < -0.39 is 17.6 Å². The fourth-order valence-electron chi connectivity index (χ4n) is 2.08. The predicted molar refractivity (Wildman–Crippen MR) is 86.2 cm³/mol. The first-order chi connectivity index (χ1) is 10.7. The Morgan fingerprint density at radius 1 is 1.17 bits per heavy atom. The normalized spacial score (nSPS) is 12.8. The Labute approximate surface area is 140 Å². The molecule has 23 heavy (non-hydrogen) atoms. The van der Waals surface area contributed by atoms with Crippen LogP contribution in [0.3, 0.4) is 0 Å². The number of rotatable bonds is 3. The molecule has 0 heterocycles. The second-order valence-corrected chi connectivity index (χ2v) is 6.14. The van der Waals surface area contributed by atoms with Crippen molar-refractivity contribution in [2.24, 2.45) is 0 Å². The molecule has 2 rings (SSSR count). The Kier molecular flexibility index (Phi) is 5.14. The van der Waals surface area contributed by atoms with Gasteiger partial charge in [-0.2, -0.15) is 13.2 Å². The number of carbonyl (C=O) groups is 1. The third kappa shape index (κ3) is 4.34. The summed E-state index contributed by atoms with van der Waals surface area (Å²) in [6.45, 7) is 3.72. The van der Waals surface area contributed by atoms with Gasteiger partial charge in [0.05, 0.1) is 11.6 Å². The van der Waals surface area contributed by atoms with E-state index in [2.05, 4.69) is 21.2 Å². The van der Waals surface area contributed by atoms with Crippen molar-refractivity contribution in [1.82, 2.24) is 5.32 Å². The number of halogens is 4. The van der Waals surface area contributed by atoms with Crippen molar-refractivity contribution in [1.29, 1.82) is 0 Å². The van der Waals surface area contributed by atoms with Crippen LogP contribution < -0.4 is 5.32 Å². The van der Waals surface area contributed by atoms with Crippen molar-refractivity contribution >= 4 is 21.8 Å². The van der Waals surface area contributed by atoms with Gasteiger partial charge in [0.15, 0.2) is 0 Å². The zero-order valence-electron chi connectivity index (χ0n) is 12.5. The van der Waals surface area contributed by atoms with Crippen molar-refractivity contribution in [3.05, 3.63) is 69.2 Å². The average molecular weight is 386 g/mol. The summed E-state index contributed by atoms with van der Waals surface area (Å²) in [6.07, 6.45) is -4.47. The molecule has 1 atom stereocenters. The van der Waals surface area contributed by atoms with Gasteiger partial charge in [0.1, 0.15) is 0 Å². The summed E-state index contributed by atoms with van der Waals surface area (Å²) in [6, 6.07) is 9.72. The molecular weight excluding hydrogens is 371 g/mol. The number of alkyl halides is 3. The fraction of sp³-hybridized carbons (Fsp3) is 0.235. The lowest BCUT2D eigenvalue weighted by atomic mass is 10.1. The fourth-order valence-corrected chi connectivity index (χ4v) is 2.48. The molecule has 2 aromatic rings. The Morgan fingerprint density at radius 2 is 1.87 bits per heavy atom. The van der Waals surface area contributed by atoms with Crippen molar-refractivity contribution < 1.29 is 18.0 Å². The molecule has 2 aromatic carbocycles. The molecule has 0 bridgehead atoms. The van der Waals surface area contributed by atoms with Gasteiger partial charge in [-0.15, -0.1) is 0 Å². The second-order valence-electron chi connectivity index (χ2n) is 5.28. The molecule has 1 N–H and O–H groups in total. The molecule has 0 saturated carbocycles. The Bertz CT molecular complexity index is 728. The Hall–Kier alpha value is -1.82. The first kappa shape index (κ1) is 17.5. The maximum atomic E-state index is 12.7. The zero-order chi connectivity index (χ0) is 17.2. The Balaban J connectivity index is 2.16. The highest BCUT2D eigenvalue weighted by molar-refractivity contribution is 9.10. The maximum Gasteiger partial charge on any atom is 0.416 e. The quantitative estimate of drug-likeness (QED) is 0.766. The SMILES string of the molecule is Cc1ccc(C(C)NC(=O)c2cccc(C(F)(F)F)c2)cc1Br. The van der Waals surface area contributed by atoms with Crippen LogP contribution in [-0.4, -0.2) is 5.91 Å². The summed E-state index contributed by atoms with van der Waals surface area (Å²) >= 11 is 3.42. The largest absolute Gasteiger partial charge is 0.416 e. The van der Waals surface area contributed by atoms with Gasteiger partial charge in [-0.3, -0.25) is 4.79 Å². The number of hydrogen-bond acceptors (Lipinski definition) is 1. The monoisotopic (exact) mass is 385 g/mol. The lowest BCUT2D eigenvalue weighted by Gasteiger charge is -2.16. The third-order valence-electron chi connectivity index (χ3n) is 3.50. The van der Waals surface area contributed by atoms with Crippen LogP contribution in [0.25, 0.3) is 0 Å². The molecule has 0 aliphatic carbocycles. The lowest BCUT2D eigenvalue weighted by molar-refractivity contribution is -0.137. The van der Waals surface area contributed by atoms with Crippen LogP contribution in [0.15, 0.2) is 46.9 Å². The van der Waals surface area contributed by atoms with Gasteiger partial charge in [-0.25, -0.2) is 0 Å². The number of hydrogen-bond donors (Lipinski definition) is 1. The van der Waals surface area contributed by atoms with Crippen LogP contribution in [0.4, 0.5) is 13.2 Å². The maximum absolute atomic E-state index is 12.7. The highest BCUT2D eigenvalue weighted by Gasteiger charge is 2.31. The highest BCUT2D eigenvalue weighted by atomic mass is 79.9. The molecule has 0 aliphatic rings.